The highest BCUT2D eigenvalue weighted by Crippen LogP contribution is 2.39. The first kappa shape index (κ1) is 16.9. The third-order valence-electron chi connectivity index (χ3n) is 4.24. The van der Waals surface area contributed by atoms with Gasteiger partial charge in [0.25, 0.3) is 5.92 Å². The van der Waals surface area contributed by atoms with Crippen molar-refractivity contribution in [1.29, 1.82) is 5.26 Å². The Labute approximate surface area is 142 Å². The monoisotopic (exact) mass is 345 g/mol. The third kappa shape index (κ3) is 3.04. The van der Waals surface area contributed by atoms with Crippen LogP contribution in [0.5, 0.6) is 0 Å². The second-order valence-electron chi connectivity index (χ2n) is 5.97. The second kappa shape index (κ2) is 6.14. The van der Waals surface area contributed by atoms with Crippen molar-refractivity contribution in [3.8, 4) is 6.07 Å². The number of aliphatic imine (C=N–C) groups is 1. The van der Waals surface area contributed by atoms with Crippen molar-refractivity contribution in [1.82, 2.24) is 10.2 Å². The first-order valence-electron chi connectivity index (χ1n) is 7.63. The van der Waals surface area contributed by atoms with Gasteiger partial charge < -0.3 is 17.2 Å². The summed E-state index contributed by atoms with van der Waals surface area (Å²) < 4.78 is 25.8. The van der Waals surface area contributed by atoms with E-state index in [1.54, 1.807) is 18.3 Å². The Bertz CT molecular complexity index is 912. The predicted octanol–water partition coefficient (Wildman–Crippen LogP) is 1.37. The Balaban J connectivity index is 2.02. The van der Waals surface area contributed by atoms with Gasteiger partial charge in [-0.25, -0.2) is 8.78 Å². The molecule has 0 spiro atoms. The number of hydrogen-bond acceptors (Lipinski definition) is 5. The lowest BCUT2D eigenvalue weighted by atomic mass is 9.88. The van der Waals surface area contributed by atoms with E-state index in [4.69, 9.17) is 17.2 Å². The Morgan fingerprint density at radius 3 is 2.72 bits per heavy atom. The molecular weight excluding hydrogens is 328 g/mol. The summed E-state index contributed by atoms with van der Waals surface area (Å²) in [5, 5.41) is 16.9. The van der Waals surface area contributed by atoms with E-state index in [2.05, 4.69) is 15.2 Å². The quantitative estimate of drug-likeness (QED) is 0.376. The van der Waals surface area contributed by atoms with Gasteiger partial charge in [0.15, 0.2) is 0 Å². The zero-order valence-corrected chi connectivity index (χ0v) is 13.3. The molecule has 1 fully saturated rings. The van der Waals surface area contributed by atoms with Crippen molar-refractivity contribution in [3.63, 3.8) is 0 Å². The number of nitrogens with two attached hydrogens (primary N) is 3. The molecule has 2 aromatic rings. The number of H-pyrrole nitrogens is 1. The van der Waals surface area contributed by atoms with Crippen LogP contribution in [0.15, 0.2) is 28.9 Å². The van der Waals surface area contributed by atoms with E-state index in [1.807, 2.05) is 6.07 Å². The normalized spacial score (nSPS) is 18.6. The molecule has 1 aromatic carbocycles. The summed E-state index contributed by atoms with van der Waals surface area (Å²) in [5.74, 6) is -2.85. The van der Waals surface area contributed by atoms with Crippen molar-refractivity contribution < 1.29 is 8.78 Å². The molecule has 0 bridgehead atoms. The van der Waals surface area contributed by atoms with E-state index in [-0.39, 0.29) is 29.9 Å². The molecule has 1 heterocycles. The standard InChI is InChI=1S/C16H17F2N7/c17-16(18)3-9(4-16)24-15(22)11(6-20)13(21)10-2-1-8(5-19)14-12(10)7-23-25-14/h1-2,7,9H,3-5,19,21H2,(H2,22,24)(H,23,25)/b13-11-. The van der Waals surface area contributed by atoms with Crippen LogP contribution < -0.4 is 17.2 Å². The first-order chi connectivity index (χ1) is 11.9. The van der Waals surface area contributed by atoms with Gasteiger partial charge in [-0.15, -0.1) is 0 Å². The van der Waals surface area contributed by atoms with Crippen LogP contribution in [0.2, 0.25) is 0 Å². The molecule has 7 N–H and O–H groups in total. The summed E-state index contributed by atoms with van der Waals surface area (Å²) in [6.45, 7) is 0.313. The number of aromatic amines is 1. The highest BCUT2D eigenvalue weighted by molar-refractivity contribution is 6.09. The number of benzene rings is 1. The zero-order chi connectivity index (χ0) is 18.2. The van der Waals surface area contributed by atoms with Crippen LogP contribution in [0, 0.1) is 11.3 Å². The minimum Gasteiger partial charge on any atom is -0.397 e. The molecule has 1 aliphatic rings. The number of rotatable bonds is 4. The summed E-state index contributed by atoms with van der Waals surface area (Å²) in [4.78, 5) is 4.01. The van der Waals surface area contributed by atoms with Crippen LogP contribution in [-0.4, -0.2) is 28.0 Å². The third-order valence-corrected chi connectivity index (χ3v) is 4.24. The van der Waals surface area contributed by atoms with Gasteiger partial charge in [0.05, 0.1) is 23.5 Å². The van der Waals surface area contributed by atoms with Gasteiger partial charge in [-0.2, -0.15) is 10.4 Å². The van der Waals surface area contributed by atoms with Gasteiger partial charge in [-0.1, -0.05) is 12.1 Å². The fourth-order valence-corrected chi connectivity index (χ4v) is 2.87. The van der Waals surface area contributed by atoms with Gasteiger partial charge in [-0.3, -0.25) is 10.1 Å². The van der Waals surface area contributed by atoms with E-state index in [9.17, 15) is 14.0 Å². The molecule has 3 rings (SSSR count). The number of alkyl halides is 2. The summed E-state index contributed by atoms with van der Waals surface area (Å²) in [7, 11) is 0. The van der Waals surface area contributed by atoms with E-state index in [0.717, 1.165) is 11.1 Å². The molecule has 0 aliphatic heterocycles. The van der Waals surface area contributed by atoms with Crippen LogP contribution >= 0.6 is 0 Å². The molecule has 25 heavy (non-hydrogen) atoms. The number of nitriles is 1. The van der Waals surface area contributed by atoms with E-state index >= 15 is 0 Å². The van der Waals surface area contributed by atoms with Gasteiger partial charge in [0.2, 0.25) is 0 Å². The van der Waals surface area contributed by atoms with Crippen LogP contribution in [0.1, 0.15) is 24.0 Å². The minimum absolute atomic E-state index is 0.0433. The Kier molecular flexibility index (Phi) is 4.14. The highest BCUT2D eigenvalue weighted by atomic mass is 19.3. The molecule has 0 amide bonds. The Morgan fingerprint density at radius 1 is 1.40 bits per heavy atom. The predicted molar refractivity (Wildman–Crippen MR) is 90.3 cm³/mol. The van der Waals surface area contributed by atoms with Gasteiger partial charge in [-0.05, 0) is 5.56 Å². The molecule has 9 heteroatoms. The average molecular weight is 345 g/mol. The number of nitrogens with one attached hydrogen (secondary N) is 1. The molecule has 7 nitrogen and oxygen atoms in total. The number of aromatic nitrogens is 2. The lowest BCUT2D eigenvalue weighted by Crippen LogP contribution is -2.39. The molecule has 0 unspecified atom stereocenters. The summed E-state index contributed by atoms with van der Waals surface area (Å²) in [5.41, 5.74) is 19.9. The van der Waals surface area contributed by atoms with Crippen molar-refractivity contribution in [2.75, 3.05) is 0 Å². The van der Waals surface area contributed by atoms with Gasteiger partial charge in [0.1, 0.15) is 17.5 Å². The molecule has 1 aromatic heterocycles. The topological polar surface area (TPSA) is 143 Å². The Hall–Kier alpha value is -2.99. The van der Waals surface area contributed by atoms with Crippen molar-refractivity contribution in [2.24, 2.45) is 22.2 Å². The maximum absolute atomic E-state index is 12.9. The maximum Gasteiger partial charge on any atom is 0.252 e. The lowest BCUT2D eigenvalue weighted by molar-refractivity contribution is -0.0834. The molecular formula is C16H17F2N7. The van der Waals surface area contributed by atoms with E-state index < -0.39 is 12.0 Å². The molecule has 0 radical (unpaired) electrons. The van der Waals surface area contributed by atoms with Gasteiger partial charge in [0, 0.05) is 30.3 Å². The molecule has 130 valence electrons. The maximum atomic E-state index is 12.9. The fraction of sp³-hybridized carbons (Fsp3) is 0.312. The number of amidine groups is 1. The molecule has 0 saturated heterocycles. The van der Waals surface area contributed by atoms with E-state index in [0.29, 0.717) is 17.5 Å². The number of nitrogens with zero attached hydrogens (tertiary/aromatic N) is 3. The van der Waals surface area contributed by atoms with Crippen molar-refractivity contribution in [2.45, 2.75) is 31.4 Å². The van der Waals surface area contributed by atoms with Gasteiger partial charge >= 0.3 is 0 Å². The summed E-state index contributed by atoms with van der Waals surface area (Å²) in [6, 6.07) is 4.81. The SMILES string of the molecule is N#C/C(C(N)=NC1CC(F)(F)C1)=C(/N)c1ccc(CN)c2[nH]ncc12. The highest BCUT2D eigenvalue weighted by Gasteiger charge is 2.45. The molecule has 0 atom stereocenters. The van der Waals surface area contributed by atoms with Crippen LogP contribution in [0.25, 0.3) is 16.6 Å². The fourth-order valence-electron chi connectivity index (χ4n) is 2.87. The first-order valence-corrected chi connectivity index (χ1v) is 7.63. The van der Waals surface area contributed by atoms with Crippen molar-refractivity contribution >= 4 is 22.4 Å². The van der Waals surface area contributed by atoms with Crippen LogP contribution in [-0.2, 0) is 6.54 Å². The molecule has 1 aliphatic carbocycles. The summed E-state index contributed by atoms with van der Waals surface area (Å²) in [6.07, 6.45) is 0.832. The Morgan fingerprint density at radius 2 is 2.12 bits per heavy atom. The average Bonchev–Trinajstić information content (AvgIpc) is 3.02. The number of hydrogen-bond donors (Lipinski definition) is 4. The van der Waals surface area contributed by atoms with Crippen molar-refractivity contribution in [3.05, 3.63) is 35.0 Å². The zero-order valence-electron chi connectivity index (χ0n) is 13.3. The number of fused-ring (bicyclic) bond motifs is 1. The minimum atomic E-state index is -2.71. The smallest absolute Gasteiger partial charge is 0.252 e. The largest absolute Gasteiger partial charge is 0.397 e. The number of halogens is 2. The summed E-state index contributed by atoms with van der Waals surface area (Å²) >= 11 is 0. The molecule has 1 saturated carbocycles. The van der Waals surface area contributed by atoms with Crippen LogP contribution in [0.3, 0.4) is 0 Å². The van der Waals surface area contributed by atoms with Crippen LogP contribution in [0.4, 0.5) is 8.78 Å². The second-order valence-corrected chi connectivity index (χ2v) is 5.97. The lowest BCUT2D eigenvalue weighted by Gasteiger charge is -2.32. The van der Waals surface area contributed by atoms with E-state index in [1.165, 1.54) is 0 Å².